The van der Waals surface area contributed by atoms with Crippen molar-refractivity contribution in [3.8, 4) is 5.69 Å². The van der Waals surface area contributed by atoms with Crippen LogP contribution in [0.1, 0.15) is 13.8 Å². The summed E-state index contributed by atoms with van der Waals surface area (Å²) in [5, 5.41) is 9.18. The highest BCUT2D eigenvalue weighted by Crippen LogP contribution is 2.22. The Balaban J connectivity index is 2.00. The van der Waals surface area contributed by atoms with E-state index < -0.39 is 26.8 Å². The molecule has 0 aliphatic heterocycles. The van der Waals surface area contributed by atoms with Crippen molar-refractivity contribution in [1.82, 2.24) is 19.7 Å². The van der Waals surface area contributed by atoms with Gasteiger partial charge in [-0.2, -0.15) is 5.10 Å². The van der Waals surface area contributed by atoms with Crippen LogP contribution in [0.4, 0.5) is 0 Å². The van der Waals surface area contributed by atoms with E-state index in [1.54, 1.807) is 13.8 Å². The van der Waals surface area contributed by atoms with Crippen LogP contribution in [0.2, 0.25) is 0 Å². The van der Waals surface area contributed by atoms with E-state index >= 15 is 0 Å². The summed E-state index contributed by atoms with van der Waals surface area (Å²) >= 11 is 1.06. The molecule has 0 amide bonds. The lowest BCUT2D eigenvalue weighted by Gasteiger charge is -2.09. The van der Waals surface area contributed by atoms with Crippen molar-refractivity contribution in [3.05, 3.63) is 40.8 Å². The molecule has 0 bridgehead atoms. The van der Waals surface area contributed by atoms with Crippen molar-refractivity contribution in [3.63, 3.8) is 0 Å². The molecule has 3 rings (SSSR count). The molecule has 12 heteroatoms. The first kappa shape index (κ1) is 20.0. The maximum atomic E-state index is 12.3. The molecule has 148 valence electrons. The Morgan fingerprint density at radius 2 is 2.04 bits per heavy atom. The number of carbonyl (C=O) groups is 1. The average Bonchev–Trinajstić information content (AvgIpc) is 3.05. The molecule has 1 unspecified atom stereocenters. The third-order valence-electron chi connectivity index (χ3n) is 3.73. The summed E-state index contributed by atoms with van der Waals surface area (Å²) in [7, 11) is -3.82. The van der Waals surface area contributed by atoms with Crippen molar-refractivity contribution >= 4 is 38.8 Å². The number of rotatable bonds is 6. The number of nitrogens with one attached hydrogen (secondary N) is 1. The molecule has 28 heavy (non-hydrogen) atoms. The lowest BCUT2D eigenvalue weighted by atomic mass is 10.3. The van der Waals surface area contributed by atoms with Crippen LogP contribution in [0.3, 0.4) is 0 Å². The number of esters is 1. The number of sulfonamides is 1. The van der Waals surface area contributed by atoms with Gasteiger partial charge in [-0.1, -0.05) is 11.8 Å². The van der Waals surface area contributed by atoms with Crippen LogP contribution in [0, 0.1) is 0 Å². The van der Waals surface area contributed by atoms with Gasteiger partial charge >= 0.3 is 5.97 Å². The van der Waals surface area contributed by atoms with E-state index in [0.29, 0.717) is 5.69 Å². The minimum atomic E-state index is -3.82. The third-order valence-corrected chi connectivity index (χ3v) is 5.62. The van der Waals surface area contributed by atoms with Crippen LogP contribution in [0.5, 0.6) is 0 Å². The molecule has 1 atom stereocenters. The zero-order chi connectivity index (χ0) is 20.5. The Bertz CT molecular complexity index is 1180. The summed E-state index contributed by atoms with van der Waals surface area (Å²) in [4.78, 5) is 31.1. The molecule has 1 aromatic carbocycles. The molecule has 0 fully saturated rings. The van der Waals surface area contributed by atoms with Gasteiger partial charge in [0.05, 0.1) is 23.4 Å². The molecule has 0 saturated carbocycles. The number of fused-ring (bicyclic) bond motifs is 1. The largest absolute Gasteiger partial charge is 0.465 e. The highest BCUT2D eigenvalue weighted by molar-refractivity contribution is 8.00. The van der Waals surface area contributed by atoms with Gasteiger partial charge in [-0.3, -0.25) is 9.59 Å². The fraction of sp³-hybridized carbons (Fsp3) is 0.250. The third kappa shape index (κ3) is 4.08. The topological polar surface area (TPSA) is 150 Å². The number of nitrogens with two attached hydrogens (primary N) is 1. The molecule has 3 N–H and O–H groups in total. The van der Waals surface area contributed by atoms with Crippen LogP contribution in [0.15, 0.2) is 45.3 Å². The van der Waals surface area contributed by atoms with Gasteiger partial charge in [0.2, 0.25) is 10.0 Å². The van der Waals surface area contributed by atoms with Gasteiger partial charge in [-0.25, -0.2) is 23.2 Å². The molecular weight excluding hydrogens is 406 g/mol. The summed E-state index contributed by atoms with van der Waals surface area (Å²) in [6.07, 6.45) is 1.36. The first-order valence-electron chi connectivity index (χ1n) is 8.15. The number of primary sulfonamides is 1. The van der Waals surface area contributed by atoms with Gasteiger partial charge < -0.3 is 9.72 Å². The monoisotopic (exact) mass is 423 g/mol. The van der Waals surface area contributed by atoms with E-state index in [0.717, 1.165) is 11.8 Å². The Labute approximate surface area is 164 Å². The number of hydrogen-bond donors (Lipinski definition) is 2. The Morgan fingerprint density at radius 3 is 2.64 bits per heavy atom. The lowest BCUT2D eigenvalue weighted by Crippen LogP contribution is -2.18. The summed E-state index contributed by atoms with van der Waals surface area (Å²) in [6, 6.07) is 5.68. The first-order valence-corrected chi connectivity index (χ1v) is 10.6. The number of aromatic nitrogens is 4. The molecule has 0 radical (unpaired) electrons. The van der Waals surface area contributed by atoms with E-state index in [9.17, 15) is 18.0 Å². The molecule has 10 nitrogen and oxygen atoms in total. The van der Waals surface area contributed by atoms with E-state index in [4.69, 9.17) is 9.88 Å². The molecule has 2 aromatic heterocycles. The Hall–Kier alpha value is -2.70. The van der Waals surface area contributed by atoms with Crippen molar-refractivity contribution in [2.45, 2.75) is 29.1 Å². The van der Waals surface area contributed by atoms with Crippen LogP contribution < -0.4 is 10.7 Å². The zero-order valence-corrected chi connectivity index (χ0v) is 16.6. The second-order valence-corrected chi connectivity index (χ2v) is 8.61. The Kier molecular flexibility index (Phi) is 5.54. The first-order chi connectivity index (χ1) is 13.2. The van der Waals surface area contributed by atoms with Gasteiger partial charge in [0.1, 0.15) is 10.6 Å². The number of H-pyrrole nitrogens is 1. The fourth-order valence-electron chi connectivity index (χ4n) is 2.40. The van der Waals surface area contributed by atoms with Gasteiger partial charge in [-0.05, 0) is 38.1 Å². The number of nitrogens with zero attached hydrogens (tertiary/aromatic N) is 3. The van der Waals surface area contributed by atoms with Gasteiger partial charge in [-0.15, -0.1) is 0 Å². The minimum absolute atomic E-state index is 0.0435. The maximum absolute atomic E-state index is 12.3. The predicted octanol–water partition coefficient (Wildman–Crippen LogP) is 0.800. The molecule has 2 heterocycles. The number of carbonyl (C=O) groups excluding carboxylic acids is 1. The Morgan fingerprint density at radius 1 is 1.36 bits per heavy atom. The van der Waals surface area contributed by atoms with Crippen LogP contribution in [-0.4, -0.2) is 46.0 Å². The summed E-state index contributed by atoms with van der Waals surface area (Å²) in [6.45, 7) is 3.62. The van der Waals surface area contributed by atoms with E-state index in [2.05, 4.69) is 15.1 Å². The molecular formula is C16H17N5O5S2. The second-order valence-electron chi connectivity index (χ2n) is 5.72. The quantitative estimate of drug-likeness (QED) is 0.336. The van der Waals surface area contributed by atoms with Gasteiger partial charge in [0.25, 0.3) is 5.56 Å². The lowest BCUT2D eigenvalue weighted by molar-refractivity contribution is -0.142. The second kappa shape index (κ2) is 7.73. The van der Waals surface area contributed by atoms with Crippen LogP contribution in [0.25, 0.3) is 16.7 Å². The summed E-state index contributed by atoms with van der Waals surface area (Å²) in [5.74, 6) is -0.415. The smallest absolute Gasteiger partial charge is 0.319 e. The standard InChI is InChI=1S/C16H17N5O5S2/c1-3-26-15(23)9(2)27-16-19-13-12(14(22)20-16)8-18-21(13)10-4-6-11(7-5-10)28(17,24)25/h4-9H,3H2,1-2H3,(H2,17,24,25)(H,19,20,22). The molecule has 0 aliphatic carbocycles. The van der Waals surface area contributed by atoms with Crippen molar-refractivity contribution < 1.29 is 17.9 Å². The number of thioether (sulfide) groups is 1. The predicted molar refractivity (Wildman–Crippen MR) is 103 cm³/mol. The number of ether oxygens (including phenoxy) is 1. The zero-order valence-electron chi connectivity index (χ0n) is 14.9. The average molecular weight is 423 g/mol. The normalized spacial score (nSPS) is 12.8. The highest BCUT2D eigenvalue weighted by Gasteiger charge is 2.19. The van der Waals surface area contributed by atoms with Crippen LogP contribution >= 0.6 is 11.8 Å². The number of aromatic amines is 1. The number of benzene rings is 1. The van der Waals surface area contributed by atoms with Crippen molar-refractivity contribution in [2.75, 3.05) is 6.61 Å². The molecule has 0 saturated heterocycles. The maximum Gasteiger partial charge on any atom is 0.319 e. The van der Waals surface area contributed by atoms with Gasteiger partial charge in [0, 0.05) is 0 Å². The van der Waals surface area contributed by atoms with Gasteiger partial charge in [0.15, 0.2) is 10.8 Å². The summed E-state index contributed by atoms with van der Waals surface area (Å²) in [5.41, 5.74) is 0.358. The minimum Gasteiger partial charge on any atom is -0.465 e. The SMILES string of the molecule is CCOC(=O)C(C)Sc1nc2c(cnn2-c2ccc(S(N)(=O)=O)cc2)c(=O)[nH]1. The summed E-state index contributed by atoms with van der Waals surface area (Å²) < 4.78 is 29.1. The van der Waals surface area contributed by atoms with Crippen molar-refractivity contribution in [1.29, 1.82) is 0 Å². The fourth-order valence-corrected chi connectivity index (χ4v) is 3.70. The van der Waals surface area contributed by atoms with E-state index in [-0.39, 0.29) is 27.7 Å². The van der Waals surface area contributed by atoms with Crippen LogP contribution in [-0.2, 0) is 19.6 Å². The molecule has 0 aliphatic rings. The number of hydrogen-bond acceptors (Lipinski definition) is 8. The van der Waals surface area contributed by atoms with E-state index in [1.165, 1.54) is 35.1 Å². The molecule has 0 spiro atoms. The highest BCUT2D eigenvalue weighted by atomic mass is 32.2. The van der Waals surface area contributed by atoms with E-state index in [1.807, 2.05) is 0 Å². The molecule has 3 aromatic rings. The van der Waals surface area contributed by atoms with Crippen molar-refractivity contribution in [2.24, 2.45) is 5.14 Å².